The van der Waals surface area contributed by atoms with E-state index in [2.05, 4.69) is 20.6 Å². The van der Waals surface area contributed by atoms with Gasteiger partial charge >= 0.3 is 0 Å². The van der Waals surface area contributed by atoms with Crippen molar-refractivity contribution in [3.05, 3.63) is 60.3 Å². The minimum Gasteiger partial charge on any atom is -0.491 e. The van der Waals surface area contributed by atoms with Crippen molar-refractivity contribution in [2.75, 3.05) is 10.6 Å². The summed E-state index contributed by atoms with van der Waals surface area (Å²) >= 11 is 0. The molecule has 1 aromatic heterocycles. The zero-order valence-electron chi connectivity index (χ0n) is 17.6. The van der Waals surface area contributed by atoms with Gasteiger partial charge < -0.3 is 20.1 Å². The summed E-state index contributed by atoms with van der Waals surface area (Å²) in [5.41, 5.74) is 2.69. The van der Waals surface area contributed by atoms with E-state index in [-0.39, 0.29) is 12.2 Å². The lowest BCUT2D eigenvalue weighted by Gasteiger charge is -2.13. The highest BCUT2D eigenvalue weighted by Gasteiger charge is 2.05. The van der Waals surface area contributed by atoms with Crippen LogP contribution >= 0.6 is 0 Å². The number of rotatable bonds is 8. The van der Waals surface area contributed by atoms with Gasteiger partial charge in [0.15, 0.2) is 0 Å². The smallest absolute Gasteiger partial charge is 0.229 e. The van der Waals surface area contributed by atoms with Crippen LogP contribution in [0.25, 0.3) is 0 Å². The molecule has 0 unspecified atom stereocenters. The molecule has 0 spiro atoms. The molecule has 0 bridgehead atoms. The lowest BCUT2D eigenvalue weighted by atomic mass is 10.3. The predicted octanol–water partition coefficient (Wildman–Crippen LogP) is 5.85. The Hall–Kier alpha value is -3.28. The summed E-state index contributed by atoms with van der Waals surface area (Å²) in [6, 6.07) is 17.5. The summed E-state index contributed by atoms with van der Waals surface area (Å²) in [6.45, 7) is 9.97. The predicted molar refractivity (Wildman–Crippen MR) is 118 cm³/mol. The minimum atomic E-state index is 0.147. The fourth-order valence-corrected chi connectivity index (χ4v) is 2.74. The molecule has 0 saturated carbocycles. The molecule has 6 heteroatoms. The third kappa shape index (κ3) is 6.38. The van der Waals surface area contributed by atoms with Crippen LogP contribution in [0.1, 0.15) is 33.4 Å². The molecular formula is C23H28N4O2. The molecule has 0 aliphatic rings. The molecule has 3 aromatic rings. The monoisotopic (exact) mass is 392 g/mol. The van der Waals surface area contributed by atoms with Gasteiger partial charge in [0.1, 0.15) is 17.3 Å². The molecule has 0 amide bonds. The first-order valence-electron chi connectivity index (χ1n) is 9.80. The van der Waals surface area contributed by atoms with Crippen molar-refractivity contribution < 1.29 is 9.47 Å². The normalized spacial score (nSPS) is 10.9. The summed E-state index contributed by atoms with van der Waals surface area (Å²) in [7, 11) is 0. The number of ether oxygens (including phenoxy) is 2. The first-order valence-corrected chi connectivity index (χ1v) is 9.80. The molecule has 0 saturated heterocycles. The van der Waals surface area contributed by atoms with Crippen LogP contribution < -0.4 is 20.1 Å². The third-order valence-corrected chi connectivity index (χ3v) is 3.83. The van der Waals surface area contributed by atoms with E-state index in [1.165, 1.54) is 0 Å². The van der Waals surface area contributed by atoms with Crippen LogP contribution in [0, 0.1) is 6.92 Å². The molecule has 6 nitrogen and oxygen atoms in total. The van der Waals surface area contributed by atoms with Crippen molar-refractivity contribution >= 4 is 23.1 Å². The highest BCUT2D eigenvalue weighted by atomic mass is 16.5. The topological polar surface area (TPSA) is 68.3 Å². The van der Waals surface area contributed by atoms with E-state index in [9.17, 15) is 0 Å². The van der Waals surface area contributed by atoms with Crippen LogP contribution in [-0.2, 0) is 0 Å². The van der Waals surface area contributed by atoms with E-state index in [0.717, 1.165) is 34.4 Å². The summed E-state index contributed by atoms with van der Waals surface area (Å²) < 4.78 is 11.4. The van der Waals surface area contributed by atoms with Gasteiger partial charge in [-0.25, -0.2) is 4.98 Å². The van der Waals surface area contributed by atoms with Gasteiger partial charge in [0, 0.05) is 23.1 Å². The van der Waals surface area contributed by atoms with E-state index < -0.39 is 0 Å². The molecule has 2 aromatic carbocycles. The van der Waals surface area contributed by atoms with Crippen LogP contribution in [0.5, 0.6) is 11.5 Å². The Morgan fingerprint density at radius 1 is 0.690 bits per heavy atom. The Morgan fingerprint density at radius 3 is 1.66 bits per heavy atom. The van der Waals surface area contributed by atoms with Gasteiger partial charge in [-0.3, -0.25) is 0 Å². The lowest BCUT2D eigenvalue weighted by molar-refractivity contribution is 0.242. The fourth-order valence-electron chi connectivity index (χ4n) is 2.74. The summed E-state index contributed by atoms with van der Waals surface area (Å²) in [6.07, 6.45) is 0.298. The summed E-state index contributed by atoms with van der Waals surface area (Å²) in [5, 5.41) is 6.56. The largest absolute Gasteiger partial charge is 0.491 e. The Labute approximate surface area is 172 Å². The molecule has 0 aliphatic heterocycles. The van der Waals surface area contributed by atoms with E-state index in [1.54, 1.807) is 0 Å². The minimum absolute atomic E-state index is 0.147. The molecule has 0 atom stereocenters. The lowest BCUT2D eigenvalue weighted by Crippen LogP contribution is -2.06. The van der Waals surface area contributed by atoms with Crippen LogP contribution in [0.15, 0.2) is 54.6 Å². The van der Waals surface area contributed by atoms with Gasteiger partial charge in [0.25, 0.3) is 0 Å². The number of nitrogens with one attached hydrogen (secondary N) is 2. The standard InChI is InChI=1S/C23H28N4O2/c1-15(2)28-20-10-6-18(7-11-20)25-22-14-17(5)24-23(27-22)26-19-8-12-21(13-9-19)29-16(3)4/h6-16H,1-5H3,(H2,24,25,26,27). The van der Waals surface area contributed by atoms with Crippen molar-refractivity contribution in [3.8, 4) is 11.5 Å². The number of aryl methyl sites for hydroxylation is 1. The number of hydrogen-bond acceptors (Lipinski definition) is 6. The average Bonchev–Trinajstić information content (AvgIpc) is 2.64. The second-order valence-corrected chi connectivity index (χ2v) is 7.35. The number of nitrogens with zero attached hydrogens (tertiary/aromatic N) is 2. The highest BCUT2D eigenvalue weighted by Crippen LogP contribution is 2.23. The number of anilines is 4. The molecule has 1 heterocycles. The van der Waals surface area contributed by atoms with E-state index in [1.807, 2.05) is 89.2 Å². The van der Waals surface area contributed by atoms with Gasteiger partial charge in [-0.05, 0) is 83.1 Å². The molecule has 2 N–H and O–H groups in total. The molecule has 152 valence electrons. The van der Waals surface area contributed by atoms with Crippen LogP contribution in [0.3, 0.4) is 0 Å². The second kappa shape index (κ2) is 9.28. The highest BCUT2D eigenvalue weighted by molar-refractivity contribution is 5.61. The molecular weight excluding hydrogens is 364 g/mol. The Kier molecular flexibility index (Phi) is 6.54. The van der Waals surface area contributed by atoms with Gasteiger partial charge in [-0.1, -0.05) is 0 Å². The van der Waals surface area contributed by atoms with Gasteiger partial charge in [-0.15, -0.1) is 0 Å². The maximum absolute atomic E-state index is 5.68. The van der Waals surface area contributed by atoms with E-state index >= 15 is 0 Å². The Balaban J connectivity index is 1.69. The zero-order valence-corrected chi connectivity index (χ0v) is 17.6. The number of aromatic nitrogens is 2. The Morgan fingerprint density at radius 2 is 1.17 bits per heavy atom. The Bertz CT molecular complexity index is 849. The molecule has 0 aliphatic carbocycles. The maximum Gasteiger partial charge on any atom is 0.229 e. The maximum atomic E-state index is 5.68. The van der Waals surface area contributed by atoms with Crippen molar-refractivity contribution in [1.29, 1.82) is 0 Å². The third-order valence-electron chi connectivity index (χ3n) is 3.83. The number of benzene rings is 2. The summed E-state index contributed by atoms with van der Waals surface area (Å²) in [5.74, 6) is 2.93. The van der Waals surface area contributed by atoms with Crippen LogP contribution in [-0.4, -0.2) is 22.2 Å². The quantitative estimate of drug-likeness (QED) is 0.501. The number of hydrogen-bond donors (Lipinski definition) is 2. The first-order chi connectivity index (χ1) is 13.9. The molecule has 29 heavy (non-hydrogen) atoms. The van der Waals surface area contributed by atoms with Crippen molar-refractivity contribution in [1.82, 2.24) is 9.97 Å². The van der Waals surface area contributed by atoms with Gasteiger partial charge in [0.2, 0.25) is 5.95 Å². The van der Waals surface area contributed by atoms with Crippen LogP contribution in [0.2, 0.25) is 0 Å². The van der Waals surface area contributed by atoms with Crippen molar-refractivity contribution in [2.24, 2.45) is 0 Å². The molecule has 3 rings (SSSR count). The fraction of sp³-hybridized carbons (Fsp3) is 0.304. The zero-order chi connectivity index (χ0) is 20.8. The SMILES string of the molecule is Cc1cc(Nc2ccc(OC(C)C)cc2)nc(Nc2ccc(OC(C)C)cc2)n1. The first kappa shape index (κ1) is 20.5. The average molecular weight is 393 g/mol. The van der Waals surface area contributed by atoms with E-state index in [4.69, 9.17) is 9.47 Å². The van der Waals surface area contributed by atoms with Gasteiger partial charge in [0.05, 0.1) is 12.2 Å². The molecule has 0 fully saturated rings. The van der Waals surface area contributed by atoms with Gasteiger partial charge in [-0.2, -0.15) is 4.98 Å². The van der Waals surface area contributed by atoms with Crippen molar-refractivity contribution in [2.45, 2.75) is 46.8 Å². The second-order valence-electron chi connectivity index (χ2n) is 7.35. The van der Waals surface area contributed by atoms with Crippen LogP contribution in [0.4, 0.5) is 23.1 Å². The van der Waals surface area contributed by atoms with Crippen molar-refractivity contribution in [3.63, 3.8) is 0 Å². The molecule has 0 radical (unpaired) electrons. The summed E-state index contributed by atoms with van der Waals surface area (Å²) in [4.78, 5) is 9.04. The van der Waals surface area contributed by atoms with E-state index in [0.29, 0.717) is 5.95 Å².